The minimum atomic E-state index is -0.491. The fourth-order valence-corrected chi connectivity index (χ4v) is 3.63. The predicted molar refractivity (Wildman–Crippen MR) is 69.6 cm³/mol. The van der Waals surface area contributed by atoms with Crippen molar-refractivity contribution in [1.82, 2.24) is 4.90 Å². The fourth-order valence-electron chi connectivity index (χ4n) is 3.63. The molecule has 1 saturated carbocycles. The van der Waals surface area contributed by atoms with E-state index in [2.05, 4.69) is 6.58 Å². The summed E-state index contributed by atoms with van der Waals surface area (Å²) in [5.74, 6) is 0.209. The Morgan fingerprint density at radius 3 is 2.89 bits per heavy atom. The summed E-state index contributed by atoms with van der Waals surface area (Å²) in [5, 5.41) is 0. The second-order valence-corrected chi connectivity index (χ2v) is 5.80. The number of ether oxygens (including phenoxy) is 2. The topological polar surface area (TPSA) is 55.8 Å². The van der Waals surface area contributed by atoms with Gasteiger partial charge in [0.15, 0.2) is 0 Å². The number of fused-ring (bicyclic) bond motifs is 1. The van der Waals surface area contributed by atoms with Gasteiger partial charge in [0.1, 0.15) is 12.2 Å². The van der Waals surface area contributed by atoms with Crippen molar-refractivity contribution in [3.63, 3.8) is 0 Å². The van der Waals surface area contributed by atoms with Gasteiger partial charge in [-0.3, -0.25) is 9.69 Å². The second kappa shape index (κ2) is 4.54. The highest BCUT2D eigenvalue weighted by Crippen LogP contribution is 2.55. The van der Waals surface area contributed by atoms with Crippen molar-refractivity contribution in [3.05, 3.63) is 12.2 Å². The van der Waals surface area contributed by atoms with Crippen LogP contribution in [-0.4, -0.2) is 41.8 Å². The molecule has 1 amide bonds. The van der Waals surface area contributed by atoms with Crippen molar-refractivity contribution in [2.75, 3.05) is 13.2 Å². The Morgan fingerprint density at radius 1 is 1.63 bits per heavy atom. The molecule has 0 spiro atoms. The average Bonchev–Trinajstić information content (AvgIpc) is 2.67. The summed E-state index contributed by atoms with van der Waals surface area (Å²) in [7, 11) is 0. The van der Waals surface area contributed by atoms with Gasteiger partial charge in [0, 0.05) is 5.92 Å². The van der Waals surface area contributed by atoms with E-state index in [9.17, 15) is 9.59 Å². The Balaban J connectivity index is 2.29. The first-order valence-electron chi connectivity index (χ1n) is 6.58. The normalized spacial score (nSPS) is 36.9. The van der Waals surface area contributed by atoms with Crippen molar-refractivity contribution >= 4 is 12.6 Å². The number of carbonyl (C=O) groups excluding carboxylic acids is 2. The van der Waals surface area contributed by atoms with Crippen molar-refractivity contribution in [2.24, 2.45) is 5.92 Å². The molecular formula is C14H21NO4. The van der Waals surface area contributed by atoms with Crippen molar-refractivity contribution in [1.29, 1.82) is 0 Å². The first-order valence-corrected chi connectivity index (χ1v) is 6.58. The SMILES string of the molecule is C=C(C)[C@@H]1CC[C@]2(C)OC(=O)N(CCOC=O)[C@]12C. The number of nitrogens with zero attached hydrogens (tertiary/aromatic N) is 1. The van der Waals surface area contributed by atoms with Crippen molar-refractivity contribution in [3.8, 4) is 0 Å². The minimum Gasteiger partial charge on any atom is -0.466 e. The molecule has 0 bridgehead atoms. The summed E-state index contributed by atoms with van der Waals surface area (Å²) in [6.45, 7) is 11.0. The highest BCUT2D eigenvalue weighted by molar-refractivity contribution is 5.73. The molecule has 19 heavy (non-hydrogen) atoms. The lowest BCUT2D eigenvalue weighted by Gasteiger charge is -2.41. The highest BCUT2D eigenvalue weighted by Gasteiger charge is 2.66. The maximum Gasteiger partial charge on any atom is 0.411 e. The second-order valence-electron chi connectivity index (χ2n) is 5.80. The largest absolute Gasteiger partial charge is 0.466 e. The predicted octanol–water partition coefficient (Wildman–Crippen LogP) is 2.12. The molecule has 5 nitrogen and oxygen atoms in total. The van der Waals surface area contributed by atoms with Crippen LogP contribution in [0.5, 0.6) is 0 Å². The molecule has 1 aliphatic carbocycles. The maximum atomic E-state index is 12.1. The summed E-state index contributed by atoms with van der Waals surface area (Å²) in [6.07, 6.45) is 1.46. The average molecular weight is 267 g/mol. The summed E-state index contributed by atoms with van der Waals surface area (Å²) in [4.78, 5) is 24.0. The Morgan fingerprint density at radius 2 is 2.32 bits per heavy atom. The Kier molecular flexibility index (Phi) is 3.32. The molecule has 0 N–H and O–H groups in total. The van der Waals surface area contributed by atoms with Crippen molar-refractivity contribution < 1.29 is 19.1 Å². The number of hydrogen-bond donors (Lipinski definition) is 0. The lowest BCUT2D eigenvalue weighted by atomic mass is 9.77. The number of amides is 1. The van der Waals surface area contributed by atoms with Crippen LogP contribution in [0.4, 0.5) is 4.79 Å². The quantitative estimate of drug-likeness (QED) is 0.435. The number of carbonyl (C=O) groups is 2. The summed E-state index contributed by atoms with van der Waals surface area (Å²) in [5.41, 5.74) is 0.155. The zero-order valence-electron chi connectivity index (χ0n) is 11.8. The van der Waals surface area contributed by atoms with Gasteiger partial charge in [-0.25, -0.2) is 4.79 Å². The monoisotopic (exact) mass is 267 g/mol. The zero-order chi connectivity index (χ0) is 14.3. The van der Waals surface area contributed by atoms with Crippen LogP contribution in [0.2, 0.25) is 0 Å². The molecule has 0 aromatic carbocycles. The first kappa shape index (κ1) is 13.9. The van der Waals surface area contributed by atoms with E-state index in [0.717, 1.165) is 18.4 Å². The van der Waals surface area contributed by atoms with Gasteiger partial charge in [-0.15, -0.1) is 0 Å². The lowest BCUT2D eigenvalue weighted by molar-refractivity contribution is -0.129. The van der Waals surface area contributed by atoms with Gasteiger partial charge in [0.05, 0.1) is 12.1 Å². The Hall–Kier alpha value is -1.52. The zero-order valence-corrected chi connectivity index (χ0v) is 11.8. The third-order valence-corrected chi connectivity index (χ3v) is 4.85. The van der Waals surface area contributed by atoms with Gasteiger partial charge < -0.3 is 9.47 Å². The maximum absolute atomic E-state index is 12.1. The van der Waals surface area contributed by atoms with Crippen LogP contribution in [0.1, 0.15) is 33.6 Å². The van der Waals surface area contributed by atoms with Gasteiger partial charge in [-0.05, 0) is 33.6 Å². The standard InChI is InChI=1S/C14H21NO4/c1-10(2)11-5-6-13(3)14(11,4)15(12(17)19-13)7-8-18-9-16/h9,11H,1,5-8H2,2-4H3/t11-,13-,14+/m0/s1. The summed E-state index contributed by atoms with van der Waals surface area (Å²) < 4.78 is 10.3. The van der Waals surface area contributed by atoms with Crippen LogP contribution < -0.4 is 0 Å². The molecule has 2 aliphatic rings. The van der Waals surface area contributed by atoms with E-state index in [-0.39, 0.29) is 18.6 Å². The van der Waals surface area contributed by atoms with Gasteiger partial charge in [0.2, 0.25) is 0 Å². The van der Waals surface area contributed by atoms with Crippen LogP contribution >= 0.6 is 0 Å². The molecule has 3 atom stereocenters. The smallest absolute Gasteiger partial charge is 0.411 e. The first-order chi connectivity index (χ1) is 8.87. The van der Waals surface area contributed by atoms with Crippen LogP contribution in [0, 0.1) is 5.92 Å². The molecule has 1 heterocycles. The van der Waals surface area contributed by atoms with Crippen LogP contribution in [-0.2, 0) is 14.3 Å². The number of hydrogen-bond acceptors (Lipinski definition) is 4. The van der Waals surface area contributed by atoms with E-state index in [0.29, 0.717) is 13.0 Å². The number of rotatable bonds is 5. The van der Waals surface area contributed by atoms with Crippen LogP contribution in [0.15, 0.2) is 12.2 Å². The third-order valence-electron chi connectivity index (χ3n) is 4.85. The van der Waals surface area contributed by atoms with Gasteiger partial charge in [0.25, 0.3) is 6.47 Å². The molecule has 1 aliphatic heterocycles. The molecule has 0 aromatic heterocycles. The van der Waals surface area contributed by atoms with Crippen LogP contribution in [0.25, 0.3) is 0 Å². The molecular weight excluding hydrogens is 246 g/mol. The molecule has 1 saturated heterocycles. The van der Waals surface area contributed by atoms with Gasteiger partial charge in [-0.2, -0.15) is 0 Å². The molecule has 0 unspecified atom stereocenters. The van der Waals surface area contributed by atoms with E-state index in [1.54, 1.807) is 4.90 Å². The summed E-state index contributed by atoms with van der Waals surface area (Å²) >= 11 is 0. The fraction of sp³-hybridized carbons (Fsp3) is 0.714. The molecule has 2 fully saturated rings. The third kappa shape index (κ3) is 1.83. The van der Waals surface area contributed by atoms with Gasteiger partial charge >= 0.3 is 6.09 Å². The summed E-state index contributed by atoms with van der Waals surface area (Å²) in [6, 6.07) is 0. The highest BCUT2D eigenvalue weighted by atomic mass is 16.6. The van der Waals surface area contributed by atoms with E-state index in [1.165, 1.54) is 0 Å². The molecule has 2 rings (SSSR count). The van der Waals surface area contributed by atoms with E-state index in [1.807, 2.05) is 20.8 Å². The molecule has 106 valence electrons. The minimum absolute atomic E-state index is 0.188. The Bertz CT molecular complexity index is 422. The van der Waals surface area contributed by atoms with Gasteiger partial charge in [-0.1, -0.05) is 12.2 Å². The molecule has 0 radical (unpaired) electrons. The lowest BCUT2D eigenvalue weighted by Crippen LogP contribution is -2.56. The van der Waals surface area contributed by atoms with E-state index in [4.69, 9.17) is 9.47 Å². The molecule has 0 aromatic rings. The molecule has 5 heteroatoms. The van der Waals surface area contributed by atoms with E-state index < -0.39 is 11.1 Å². The van der Waals surface area contributed by atoms with Crippen LogP contribution in [0.3, 0.4) is 0 Å². The van der Waals surface area contributed by atoms with Crippen molar-refractivity contribution in [2.45, 2.75) is 44.8 Å². The van der Waals surface area contributed by atoms with E-state index >= 15 is 0 Å². The Labute approximate surface area is 113 Å².